The van der Waals surface area contributed by atoms with E-state index in [-0.39, 0.29) is 0 Å². The fraction of sp³-hybridized carbons (Fsp3) is 0.115. The molecule has 1 saturated carbocycles. The Morgan fingerprint density at radius 3 is 1.06 bits per heavy atom. The largest absolute Gasteiger partial charge is 0.309 e. The van der Waals surface area contributed by atoms with Crippen LogP contribution >= 0.6 is 0 Å². The van der Waals surface area contributed by atoms with Crippen LogP contribution in [0.3, 0.4) is 0 Å². The Morgan fingerprint density at radius 2 is 0.667 bits per heavy atom. The van der Waals surface area contributed by atoms with Gasteiger partial charge in [0.15, 0.2) is 0 Å². The third-order valence-electron chi connectivity index (χ3n) is 14.2. The van der Waals surface area contributed by atoms with Gasteiger partial charge in [0.25, 0.3) is 0 Å². The number of rotatable bonds is 7. The van der Waals surface area contributed by atoms with E-state index in [1.54, 1.807) is 5.57 Å². The second kappa shape index (κ2) is 14.1. The van der Waals surface area contributed by atoms with Crippen LogP contribution in [0.25, 0.3) is 81.5 Å². The molecule has 0 unspecified atom stereocenters. The van der Waals surface area contributed by atoms with E-state index in [1.807, 2.05) is 0 Å². The second-order valence-corrected chi connectivity index (χ2v) is 18.0. The molecule has 12 aromatic carbocycles. The number of benzene rings is 12. The molecular weight excluding hydrogens is 761 g/mol. The number of anilines is 6. The second-order valence-electron chi connectivity index (χ2n) is 18.0. The fourth-order valence-corrected chi connectivity index (χ4v) is 11.4. The molecule has 1 fully saturated rings. The summed E-state index contributed by atoms with van der Waals surface area (Å²) in [6.45, 7) is 4.34. The molecule has 0 bridgehead atoms. The van der Waals surface area contributed by atoms with Crippen LogP contribution in [0.2, 0.25) is 0 Å². The summed E-state index contributed by atoms with van der Waals surface area (Å²) in [7, 11) is 0. The Hall–Kier alpha value is -7.42. The number of nitrogens with zero attached hydrogens (tertiary/aromatic N) is 2. The van der Waals surface area contributed by atoms with Crippen LogP contribution < -0.4 is 9.80 Å². The first-order valence-corrected chi connectivity index (χ1v) is 22.7. The number of allylic oxidation sites excluding steroid dienone is 1. The van der Waals surface area contributed by atoms with E-state index in [4.69, 9.17) is 0 Å². The summed E-state index contributed by atoms with van der Waals surface area (Å²) in [6.07, 6.45) is 8.85. The van der Waals surface area contributed by atoms with E-state index < -0.39 is 0 Å². The summed E-state index contributed by atoms with van der Waals surface area (Å²) in [5.41, 5.74) is 12.4. The molecule has 0 aromatic heterocycles. The fourth-order valence-electron chi connectivity index (χ4n) is 11.4. The Morgan fingerprint density at radius 1 is 0.317 bits per heavy atom. The Balaban J connectivity index is 1.16. The molecule has 0 saturated heterocycles. The lowest BCUT2D eigenvalue weighted by Crippen LogP contribution is -2.12. The van der Waals surface area contributed by atoms with Gasteiger partial charge in [-0.3, -0.25) is 0 Å². The van der Waals surface area contributed by atoms with Gasteiger partial charge < -0.3 is 9.80 Å². The molecule has 12 aromatic rings. The highest BCUT2D eigenvalue weighted by Gasteiger charge is 2.30. The molecule has 2 nitrogen and oxygen atoms in total. The highest BCUT2D eigenvalue weighted by atomic mass is 15.2. The lowest BCUT2D eigenvalue weighted by Gasteiger charge is -2.33. The molecule has 0 amide bonds. The zero-order chi connectivity index (χ0) is 41.8. The van der Waals surface area contributed by atoms with E-state index in [9.17, 15) is 0 Å². The standard InChI is InChI=1S/C61H46N2/c1-38-25-31-43(32-26-38)63(44-33-27-39(2)28-34-44)61-52-23-11-19-48-46-17-9-21-50-54(46)58-55-47(49-20-12-24-53(61)57(49)59(58)56(48)52)18-10-22-51(55)60(50)62(42-15-7-4-8-16-42)45-35-29-41(30-36-45)37-40-13-5-3-6-14-40/h4,7-12,15-37H,3,5-6,13-14H2,1-2H3. The molecule has 0 radical (unpaired) electrons. The van der Waals surface area contributed by atoms with E-state index in [1.165, 1.54) is 136 Å². The molecule has 2 heteroatoms. The number of aryl methyl sites for hydroxylation is 2. The molecule has 0 atom stereocenters. The van der Waals surface area contributed by atoms with E-state index in [2.05, 4.69) is 206 Å². The predicted octanol–water partition coefficient (Wildman–Crippen LogP) is 18.0. The van der Waals surface area contributed by atoms with Crippen molar-refractivity contribution < 1.29 is 0 Å². The van der Waals surface area contributed by atoms with Gasteiger partial charge in [0, 0.05) is 76.6 Å². The van der Waals surface area contributed by atoms with E-state index >= 15 is 0 Å². The van der Waals surface area contributed by atoms with E-state index in [0.29, 0.717) is 0 Å². The minimum absolute atomic E-state index is 1.15. The quantitative estimate of drug-likeness (QED) is 0.117. The molecule has 0 aliphatic heterocycles. The van der Waals surface area contributed by atoms with Crippen molar-refractivity contribution in [1.82, 2.24) is 0 Å². The van der Waals surface area contributed by atoms with E-state index in [0.717, 1.165) is 22.7 Å². The van der Waals surface area contributed by atoms with Gasteiger partial charge in [0.2, 0.25) is 0 Å². The van der Waals surface area contributed by atoms with Gasteiger partial charge in [-0.15, -0.1) is 0 Å². The van der Waals surface area contributed by atoms with Crippen LogP contribution in [0.1, 0.15) is 48.8 Å². The van der Waals surface area contributed by atoms with Gasteiger partial charge in [-0.05, 0) is 115 Å². The van der Waals surface area contributed by atoms with Gasteiger partial charge in [0.1, 0.15) is 0 Å². The monoisotopic (exact) mass is 806 g/mol. The smallest absolute Gasteiger partial charge is 0.0619 e. The molecule has 63 heavy (non-hydrogen) atoms. The molecule has 1 aliphatic rings. The van der Waals surface area contributed by atoms with Crippen molar-refractivity contribution in [2.24, 2.45) is 0 Å². The van der Waals surface area contributed by atoms with Gasteiger partial charge >= 0.3 is 0 Å². The zero-order valence-corrected chi connectivity index (χ0v) is 35.8. The maximum atomic E-state index is 2.52. The normalized spacial score (nSPS) is 13.5. The van der Waals surface area contributed by atoms with Crippen molar-refractivity contribution in [3.05, 3.63) is 198 Å². The van der Waals surface area contributed by atoms with Gasteiger partial charge in [0.05, 0.1) is 11.4 Å². The molecule has 0 N–H and O–H groups in total. The maximum absolute atomic E-state index is 2.52. The van der Waals surface area contributed by atoms with Crippen LogP contribution in [0.4, 0.5) is 34.1 Å². The average Bonchev–Trinajstić information content (AvgIpc) is 3.33. The Labute approximate surface area is 367 Å². The molecular formula is C61H46N2. The summed E-state index contributed by atoms with van der Waals surface area (Å²) in [6, 6.07) is 66.5. The van der Waals surface area contributed by atoms with Crippen molar-refractivity contribution in [3.8, 4) is 0 Å². The van der Waals surface area contributed by atoms with Crippen molar-refractivity contribution in [1.29, 1.82) is 0 Å². The number of fused-ring (bicyclic) bond motifs is 2. The van der Waals surface area contributed by atoms with Crippen LogP contribution in [0.5, 0.6) is 0 Å². The molecule has 1 aliphatic carbocycles. The molecule has 300 valence electrons. The van der Waals surface area contributed by atoms with Crippen molar-refractivity contribution >= 4 is 116 Å². The summed E-state index contributed by atoms with van der Waals surface area (Å²) in [5, 5.41) is 18.3. The minimum atomic E-state index is 1.15. The first-order valence-electron chi connectivity index (χ1n) is 22.7. The molecule has 13 rings (SSSR count). The highest BCUT2D eigenvalue weighted by Crippen LogP contribution is 2.58. The van der Waals surface area contributed by atoms with Gasteiger partial charge in [-0.1, -0.05) is 157 Å². The van der Waals surface area contributed by atoms with Crippen LogP contribution in [-0.4, -0.2) is 0 Å². The summed E-state index contributed by atoms with van der Waals surface area (Å²) in [5.74, 6) is 0. The SMILES string of the molecule is Cc1ccc(N(c2ccc(C)cc2)c2c3cccc4c5cccc6c(N(c7ccccc7)c7ccc(C=C8CCCCC8)cc7)c7cccc8c9cccc2c9c(c34)c(c65)c78)cc1. The summed E-state index contributed by atoms with van der Waals surface area (Å²) in [4.78, 5) is 5.03. The third kappa shape index (κ3) is 5.44. The third-order valence-corrected chi connectivity index (χ3v) is 14.2. The van der Waals surface area contributed by atoms with Crippen molar-refractivity contribution in [3.63, 3.8) is 0 Å². The lowest BCUT2D eigenvalue weighted by atomic mass is 9.79. The topological polar surface area (TPSA) is 6.48 Å². The molecule has 0 heterocycles. The summed E-state index contributed by atoms with van der Waals surface area (Å²) >= 11 is 0. The van der Waals surface area contributed by atoms with Gasteiger partial charge in [-0.2, -0.15) is 0 Å². The minimum Gasteiger partial charge on any atom is -0.309 e. The van der Waals surface area contributed by atoms with Gasteiger partial charge in [-0.25, -0.2) is 0 Å². The maximum Gasteiger partial charge on any atom is 0.0619 e. The first-order chi connectivity index (χ1) is 31.1. The Bertz CT molecular complexity index is 3500. The van der Waals surface area contributed by atoms with Crippen LogP contribution in [0, 0.1) is 13.8 Å². The lowest BCUT2D eigenvalue weighted by molar-refractivity contribution is 0.602. The average molecular weight is 807 g/mol. The number of hydrogen-bond acceptors (Lipinski definition) is 2. The predicted molar refractivity (Wildman–Crippen MR) is 272 cm³/mol. The molecule has 0 spiro atoms. The van der Waals surface area contributed by atoms with Crippen LogP contribution in [0.15, 0.2) is 181 Å². The number of para-hydroxylation sites is 1. The Kier molecular flexibility index (Phi) is 8.09. The van der Waals surface area contributed by atoms with Crippen molar-refractivity contribution in [2.75, 3.05) is 9.80 Å². The number of hydrogen-bond donors (Lipinski definition) is 0. The first kappa shape index (κ1) is 36.3. The highest BCUT2D eigenvalue weighted by molar-refractivity contribution is 6.51. The van der Waals surface area contributed by atoms with Crippen molar-refractivity contribution in [2.45, 2.75) is 46.0 Å². The van der Waals surface area contributed by atoms with Crippen LogP contribution in [-0.2, 0) is 0 Å². The summed E-state index contributed by atoms with van der Waals surface area (Å²) < 4.78 is 0. The zero-order valence-electron chi connectivity index (χ0n) is 35.8.